The molecule has 0 spiro atoms. The zero-order valence-corrected chi connectivity index (χ0v) is 9.95. The molecule has 1 aliphatic heterocycles. The Bertz CT molecular complexity index is 389. The number of benzene rings is 1. The van der Waals surface area contributed by atoms with Crippen molar-refractivity contribution < 1.29 is 0 Å². The molecule has 1 heterocycles. The summed E-state index contributed by atoms with van der Waals surface area (Å²) in [4.78, 5) is 2.37. The van der Waals surface area contributed by atoms with Crippen LogP contribution >= 0.6 is 0 Å². The van der Waals surface area contributed by atoms with E-state index in [4.69, 9.17) is 5.73 Å². The zero-order chi connectivity index (χ0) is 11.2. The molecule has 1 saturated heterocycles. The highest BCUT2D eigenvalue weighted by Crippen LogP contribution is 2.47. The first-order chi connectivity index (χ1) is 7.73. The SMILES string of the molecule is CN1CC(c2cccc(C3(CN)CC3)c2)C1. The van der Waals surface area contributed by atoms with Gasteiger partial charge in [0.15, 0.2) is 0 Å². The molecule has 16 heavy (non-hydrogen) atoms. The van der Waals surface area contributed by atoms with E-state index in [1.165, 1.54) is 37.1 Å². The van der Waals surface area contributed by atoms with Gasteiger partial charge >= 0.3 is 0 Å². The van der Waals surface area contributed by atoms with Crippen LogP contribution < -0.4 is 5.73 Å². The van der Waals surface area contributed by atoms with Crippen LogP contribution in [0.2, 0.25) is 0 Å². The summed E-state index contributed by atoms with van der Waals surface area (Å²) in [5, 5.41) is 0. The van der Waals surface area contributed by atoms with Gasteiger partial charge in [-0.3, -0.25) is 0 Å². The molecule has 1 aromatic rings. The number of likely N-dealkylation sites (tertiary alicyclic amines) is 1. The average molecular weight is 216 g/mol. The molecule has 1 saturated carbocycles. The Morgan fingerprint density at radius 1 is 1.38 bits per heavy atom. The second-order valence-electron chi connectivity index (χ2n) is 5.53. The van der Waals surface area contributed by atoms with E-state index in [9.17, 15) is 0 Å². The summed E-state index contributed by atoms with van der Waals surface area (Å²) >= 11 is 0. The van der Waals surface area contributed by atoms with Crippen LogP contribution in [0.4, 0.5) is 0 Å². The average Bonchev–Trinajstić information content (AvgIpc) is 3.06. The van der Waals surface area contributed by atoms with E-state index < -0.39 is 0 Å². The Morgan fingerprint density at radius 2 is 2.12 bits per heavy atom. The highest BCUT2D eigenvalue weighted by Gasteiger charge is 2.43. The first kappa shape index (κ1) is 10.3. The zero-order valence-electron chi connectivity index (χ0n) is 9.95. The highest BCUT2D eigenvalue weighted by atomic mass is 15.2. The molecule has 2 nitrogen and oxygen atoms in total. The van der Waals surface area contributed by atoms with Crippen LogP contribution in [0, 0.1) is 0 Å². The monoisotopic (exact) mass is 216 g/mol. The number of rotatable bonds is 3. The van der Waals surface area contributed by atoms with Crippen molar-refractivity contribution in [2.24, 2.45) is 5.73 Å². The maximum absolute atomic E-state index is 5.89. The summed E-state index contributed by atoms with van der Waals surface area (Å²) in [6.45, 7) is 3.22. The highest BCUT2D eigenvalue weighted by molar-refractivity contribution is 5.37. The van der Waals surface area contributed by atoms with Crippen molar-refractivity contribution in [3.63, 3.8) is 0 Å². The molecule has 86 valence electrons. The summed E-state index contributed by atoms with van der Waals surface area (Å²) < 4.78 is 0. The number of nitrogens with zero attached hydrogens (tertiary/aromatic N) is 1. The van der Waals surface area contributed by atoms with Crippen LogP contribution in [-0.2, 0) is 5.41 Å². The van der Waals surface area contributed by atoms with Gasteiger partial charge in [0.05, 0.1) is 0 Å². The summed E-state index contributed by atoms with van der Waals surface area (Å²) in [5.41, 5.74) is 9.21. The van der Waals surface area contributed by atoms with Crippen LogP contribution in [0.15, 0.2) is 24.3 Å². The molecule has 2 heteroatoms. The summed E-state index contributed by atoms with van der Waals surface area (Å²) in [6, 6.07) is 9.13. The third-order valence-corrected chi connectivity index (χ3v) is 4.28. The van der Waals surface area contributed by atoms with Gasteiger partial charge in [0, 0.05) is 31.0 Å². The fraction of sp³-hybridized carbons (Fsp3) is 0.571. The predicted octanol–water partition coefficient (Wildman–Crippen LogP) is 1.71. The lowest BCUT2D eigenvalue weighted by Crippen LogP contribution is -2.41. The smallest absolute Gasteiger partial charge is 0.00934 e. The molecule has 2 N–H and O–H groups in total. The summed E-state index contributed by atoms with van der Waals surface area (Å²) in [5.74, 6) is 0.749. The lowest BCUT2D eigenvalue weighted by atomic mass is 9.87. The van der Waals surface area contributed by atoms with E-state index in [1.807, 2.05) is 0 Å². The lowest BCUT2D eigenvalue weighted by molar-refractivity contribution is 0.189. The number of nitrogens with two attached hydrogens (primary N) is 1. The van der Waals surface area contributed by atoms with Gasteiger partial charge in [-0.2, -0.15) is 0 Å². The minimum atomic E-state index is 0.339. The third-order valence-electron chi connectivity index (χ3n) is 4.28. The van der Waals surface area contributed by atoms with Crippen LogP contribution in [0.3, 0.4) is 0 Å². The minimum absolute atomic E-state index is 0.339. The van der Waals surface area contributed by atoms with Gasteiger partial charge in [0.25, 0.3) is 0 Å². The number of hydrogen-bond acceptors (Lipinski definition) is 2. The first-order valence-corrected chi connectivity index (χ1v) is 6.23. The maximum atomic E-state index is 5.89. The van der Waals surface area contributed by atoms with E-state index in [0.717, 1.165) is 12.5 Å². The van der Waals surface area contributed by atoms with Crippen molar-refractivity contribution >= 4 is 0 Å². The van der Waals surface area contributed by atoms with Crippen LogP contribution in [0.1, 0.15) is 29.9 Å². The second-order valence-corrected chi connectivity index (χ2v) is 5.53. The molecule has 1 aromatic carbocycles. The maximum Gasteiger partial charge on any atom is 0.00934 e. The van der Waals surface area contributed by atoms with Crippen LogP contribution in [0.5, 0.6) is 0 Å². The molecule has 3 rings (SSSR count). The fourth-order valence-corrected chi connectivity index (χ4v) is 2.79. The van der Waals surface area contributed by atoms with Gasteiger partial charge in [0.2, 0.25) is 0 Å². The minimum Gasteiger partial charge on any atom is -0.330 e. The van der Waals surface area contributed by atoms with Crippen molar-refractivity contribution in [3.8, 4) is 0 Å². The Morgan fingerprint density at radius 3 is 2.69 bits per heavy atom. The van der Waals surface area contributed by atoms with Crippen molar-refractivity contribution in [1.82, 2.24) is 4.90 Å². The molecular weight excluding hydrogens is 196 g/mol. The molecule has 0 unspecified atom stereocenters. The molecular formula is C14H20N2. The van der Waals surface area contributed by atoms with E-state index >= 15 is 0 Å². The van der Waals surface area contributed by atoms with Gasteiger partial charge in [-0.05, 0) is 31.0 Å². The molecule has 0 atom stereocenters. The molecule has 1 aliphatic carbocycles. The molecule has 0 aromatic heterocycles. The van der Waals surface area contributed by atoms with Crippen LogP contribution in [0.25, 0.3) is 0 Å². The van der Waals surface area contributed by atoms with Gasteiger partial charge in [0.1, 0.15) is 0 Å². The Kier molecular flexibility index (Phi) is 2.30. The van der Waals surface area contributed by atoms with Crippen molar-refractivity contribution in [1.29, 1.82) is 0 Å². The predicted molar refractivity (Wildman–Crippen MR) is 66.6 cm³/mol. The van der Waals surface area contributed by atoms with Gasteiger partial charge in [-0.25, -0.2) is 0 Å². The Balaban J connectivity index is 1.83. The normalized spacial score (nSPS) is 24.1. The molecule has 0 amide bonds. The second kappa shape index (κ2) is 3.57. The van der Waals surface area contributed by atoms with Crippen molar-refractivity contribution in [2.45, 2.75) is 24.2 Å². The Labute approximate surface area is 97.4 Å². The van der Waals surface area contributed by atoms with Crippen molar-refractivity contribution in [2.75, 3.05) is 26.7 Å². The third kappa shape index (κ3) is 1.57. The number of likely N-dealkylation sites (N-methyl/N-ethyl adjacent to an activating group) is 1. The first-order valence-electron chi connectivity index (χ1n) is 6.23. The van der Waals surface area contributed by atoms with E-state index in [1.54, 1.807) is 0 Å². The molecule has 2 fully saturated rings. The number of hydrogen-bond donors (Lipinski definition) is 1. The fourth-order valence-electron chi connectivity index (χ4n) is 2.79. The topological polar surface area (TPSA) is 29.3 Å². The lowest BCUT2D eigenvalue weighted by Gasteiger charge is -2.36. The van der Waals surface area contributed by atoms with Crippen LogP contribution in [-0.4, -0.2) is 31.6 Å². The Hall–Kier alpha value is -0.860. The summed E-state index contributed by atoms with van der Waals surface area (Å²) in [7, 11) is 2.18. The largest absolute Gasteiger partial charge is 0.330 e. The van der Waals surface area contributed by atoms with Gasteiger partial charge in [-0.15, -0.1) is 0 Å². The van der Waals surface area contributed by atoms with Crippen molar-refractivity contribution in [3.05, 3.63) is 35.4 Å². The standard InChI is InChI=1S/C14H20N2/c1-16-8-12(9-16)11-3-2-4-13(7-11)14(10-15)5-6-14/h2-4,7,12H,5-6,8-10,15H2,1H3. The van der Waals surface area contributed by atoms with E-state index in [0.29, 0.717) is 5.41 Å². The quantitative estimate of drug-likeness (QED) is 0.833. The van der Waals surface area contributed by atoms with Gasteiger partial charge < -0.3 is 10.6 Å². The summed E-state index contributed by atoms with van der Waals surface area (Å²) in [6.07, 6.45) is 2.55. The van der Waals surface area contributed by atoms with E-state index in [-0.39, 0.29) is 0 Å². The molecule has 2 aliphatic rings. The molecule has 0 radical (unpaired) electrons. The molecule has 0 bridgehead atoms. The van der Waals surface area contributed by atoms with E-state index in [2.05, 4.69) is 36.2 Å². The van der Waals surface area contributed by atoms with Gasteiger partial charge in [-0.1, -0.05) is 24.3 Å².